The van der Waals surface area contributed by atoms with Gasteiger partial charge < -0.3 is 9.84 Å². The van der Waals surface area contributed by atoms with Gasteiger partial charge in [-0.2, -0.15) is 13.2 Å². The van der Waals surface area contributed by atoms with Gasteiger partial charge in [-0.05, 0) is 30.3 Å². The van der Waals surface area contributed by atoms with Gasteiger partial charge in [0.1, 0.15) is 5.75 Å². The first-order valence-corrected chi connectivity index (χ1v) is 5.66. The predicted octanol–water partition coefficient (Wildman–Crippen LogP) is 4.34. The quantitative estimate of drug-likeness (QED) is 0.858. The highest BCUT2D eigenvalue weighted by molar-refractivity contribution is 5.90. The zero-order valence-corrected chi connectivity index (χ0v) is 10.3. The molecule has 0 bridgehead atoms. The summed E-state index contributed by atoms with van der Waals surface area (Å²) in [4.78, 5) is 10.9. The molecule has 0 aliphatic rings. The average Bonchev–Trinajstić information content (AvgIpc) is 2.40. The molecule has 3 nitrogen and oxygen atoms in total. The molecular weight excluding hydrogens is 292 g/mol. The largest absolute Gasteiger partial charge is 0.478 e. The Labute approximate surface area is 116 Å². The van der Waals surface area contributed by atoms with E-state index < -0.39 is 29.1 Å². The number of alkyl halides is 3. The van der Waals surface area contributed by atoms with Gasteiger partial charge in [0, 0.05) is 0 Å². The Kier molecular flexibility index (Phi) is 3.84. The van der Waals surface area contributed by atoms with Crippen LogP contribution in [-0.2, 0) is 6.18 Å². The molecule has 0 atom stereocenters. The lowest BCUT2D eigenvalue weighted by molar-refractivity contribution is -0.138. The van der Waals surface area contributed by atoms with E-state index in [1.165, 1.54) is 18.2 Å². The summed E-state index contributed by atoms with van der Waals surface area (Å²) in [5.74, 6) is -2.88. The molecule has 0 aliphatic carbocycles. The Morgan fingerprint density at radius 1 is 1.10 bits per heavy atom. The van der Waals surface area contributed by atoms with E-state index in [0.717, 1.165) is 12.1 Å². The molecule has 0 saturated heterocycles. The SMILES string of the molecule is O=C(O)c1cc(Oc2ccccc2F)ccc1C(F)(F)F. The minimum Gasteiger partial charge on any atom is -0.478 e. The zero-order chi connectivity index (χ0) is 15.6. The molecule has 2 aromatic carbocycles. The normalized spacial score (nSPS) is 11.2. The number of hydrogen-bond donors (Lipinski definition) is 1. The van der Waals surface area contributed by atoms with Crippen LogP contribution in [0.3, 0.4) is 0 Å². The number of halogens is 4. The van der Waals surface area contributed by atoms with E-state index in [1.807, 2.05) is 0 Å². The Bertz CT molecular complexity index is 680. The number of aromatic carboxylic acids is 1. The van der Waals surface area contributed by atoms with Crippen molar-refractivity contribution < 1.29 is 32.2 Å². The first-order valence-electron chi connectivity index (χ1n) is 5.66. The van der Waals surface area contributed by atoms with Crippen molar-refractivity contribution in [3.8, 4) is 11.5 Å². The fourth-order valence-electron chi connectivity index (χ4n) is 1.67. The van der Waals surface area contributed by atoms with E-state index in [0.29, 0.717) is 12.1 Å². The molecule has 0 fully saturated rings. The number of carbonyl (C=O) groups is 1. The highest BCUT2D eigenvalue weighted by Crippen LogP contribution is 2.35. The second-order valence-electron chi connectivity index (χ2n) is 4.04. The van der Waals surface area contributed by atoms with Crippen LogP contribution >= 0.6 is 0 Å². The van der Waals surface area contributed by atoms with E-state index in [9.17, 15) is 22.4 Å². The van der Waals surface area contributed by atoms with Crippen molar-refractivity contribution in [2.45, 2.75) is 6.18 Å². The molecule has 0 spiro atoms. The Morgan fingerprint density at radius 2 is 1.76 bits per heavy atom. The average molecular weight is 300 g/mol. The van der Waals surface area contributed by atoms with Crippen molar-refractivity contribution in [2.75, 3.05) is 0 Å². The second-order valence-corrected chi connectivity index (χ2v) is 4.04. The highest BCUT2D eigenvalue weighted by Gasteiger charge is 2.35. The monoisotopic (exact) mass is 300 g/mol. The van der Waals surface area contributed by atoms with Crippen LogP contribution in [0.4, 0.5) is 17.6 Å². The Morgan fingerprint density at radius 3 is 2.33 bits per heavy atom. The summed E-state index contributed by atoms with van der Waals surface area (Å²) in [5, 5.41) is 8.84. The smallest absolute Gasteiger partial charge is 0.417 e. The molecule has 0 radical (unpaired) electrons. The standard InChI is InChI=1S/C14H8F4O3/c15-11-3-1-2-4-12(11)21-8-5-6-10(14(16,17)18)9(7-8)13(19)20/h1-7H,(H,19,20). The summed E-state index contributed by atoms with van der Waals surface area (Å²) in [6.45, 7) is 0. The summed E-state index contributed by atoms with van der Waals surface area (Å²) < 4.78 is 56.4. The number of ether oxygens (including phenoxy) is 1. The minimum atomic E-state index is -4.80. The summed E-state index contributed by atoms with van der Waals surface area (Å²) in [5.41, 5.74) is -2.26. The molecule has 7 heteroatoms. The Hall–Kier alpha value is -2.57. The first-order chi connectivity index (χ1) is 9.79. The summed E-state index contributed by atoms with van der Waals surface area (Å²) >= 11 is 0. The third kappa shape index (κ3) is 3.31. The fourth-order valence-corrected chi connectivity index (χ4v) is 1.67. The Balaban J connectivity index is 2.42. The predicted molar refractivity (Wildman–Crippen MR) is 64.9 cm³/mol. The lowest BCUT2D eigenvalue weighted by atomic mass is 10.1. The van der Waals surface area contributed by atoms with Gasteiger partial charge in [0.05, 0.1) is 11.1 Å². The van der Waals surface area contributed by atoms with Crippen LogP contribution in [0, 0.1) is 5.82 Å². The van der Waals surface area contributed by atoms with Gasteiger partial charge in [-0.1, -0.05) is 12.1 Å². The molecule has 2 aromatic rings. The van der Waals surface area contributed by atoms with Crippen LogP contribution in [0.25, 0.3) is 0 Å². The van der Waals surface area contributed by atoms with Gasteiger partial charge in [0.15, 0.2) is 11.6 Å². The molecule has 0 aliphatic heterocycles. The van der Waals surface area contributed by atoms with Crippen LogP contribution in [0.2, 0.25) is 0 Å². The van der Waals surface area contributed by atoms with Crippen LogP contribution < -0.4 is 4.74 Å². The zero-order valence-electron chi connectivity index (χ0n) is 10.3. The summed E-state index contributed by atoms with van der Waals surface area (Å²) in [6.07, 6.45) is -4.80. The molecule has 0 unspecified atom stereocenters. The van der Waals surface area contributed by atoms with Gasteiger partial charge in [-0.3, -0.25) is 0 Å². The topological polar surface area (TPSA) is 46.5 Å². The number of rotatable bonds is 3. The minimum absolute atomic E-state index is 0.203. The van der Waals surface area contributed by atoms with Crippen molar-refractivity contribution in [3.63, 3.8) is 0 Å². The molecule has 21 heavy (non-hydrogen) atoms. The summed E-state index contributed by atoms with van der Waals surface area (Å²) in [6, 6.07) is 7.49. The lowest BCUT2D eigenvalue weighted by Gasteiger charge is -2.12. The third-order valence-electron chi connectivity index (χ3n) is 2.59. The second kappa shape index (κ2) is 5.43. The van der Waals surface area contributed by atoms with Crippen LogP contribution in [-0.4, -0.2) is 11.1 Å². The van der Waals surface area contributed by atoms with Crippen molar-refractivity contribution in [2.24, 2.45) is 0 Å². The number of hydrogen-bond acceptors (Lipinski definition) is 2. The first kappa shape index (κ1) is 14.8. The van der Waals surface area contributed by atoms with E-state index in [-0.39, 0.29) is 11.5 Å². The number of carboxylic acid groups (broad SMARTS) is 1. The van der Waals surface area contributed by atoms with Crippen molar-refractivity contribution >= 4 is 5.97 Å². The lowest BCUT2D eigenvalue weighted by Crippen LogP contribution is -2.12. The van der Waals surface area contributed by atoms with Gasteiger partial charge in [-0.15, -0.1) is 0 Å². The van der Waals surface area contributed by atoms with Crippen molar-refractivity contribution in [1.82, 2.24) is 0 Å². The van der Waals surface area contributed by atoms with E-state index in [4.69, 9.17) is 9.84 Å². The molecule has 1 N–H and O–H groups in total. The molecule has 0 amide bonds. The van der Waals surface area contributed by atoms with Crippen molar-refractivity contribution in [3.05, 3.63) is 59.4 Å². The molecular formula is C14H8F4O3. The van der Waals surface area contributed by atoms with E-state index >= 15 is 0 Å². The number of benzene rings is 2. The maximum absolute atomic E-state index is 13.4. The summed E-state index contributed by atoms with van der Waals surface area (Å²) in [7, 11) is 0. The van der Waals surface area contributed by atoms with Gasteiger partial charge in [0.25, 0.3) is 0 Å². The molecule has 0 aromatic heterocycles. The fraction of sp³-hybridized carbons (Fsp3) is 0.0714. The van der Waals surface area contributed by atoms with E-state index in [1.54, 1.807) is 0 Å². The number of para-hydroxylation sites is 1. The maximum Gasteiger partial charge on any atom is 0.417 e. The van der Waals surface area contributed by atoms with Crippen LogP contribution in [0.1, 0.15) is 15.9 Å². The highest BCUT2D eigenvalue weighted by atomic mass is 19.4. The maximum atomic E-state index is 13.4. The molecule has 110 valence electrons. The van der Waals surface area contributed by atoms with Crippen LogP contribution in [0.15, 0.2) is 42.5 Å². The van der Waals surface area contributed by atoms with Gasteiger partial charge in [-0.25, -0.2) is 9.18 Å². The van der Waals surface area contributed by atoms with Gasteiger partial charge in [0.2, 0.25) is 0 Å². The molecule has 0 saturated carbocycles. The van der Waals surface area contributed by atoms with Gasteiger partial charge >= 0.3 is 12.1 Å². The van der Waals surface area contributed by atoms with E-state index in [2.05, 4.69) is 0 Å². The third-order valence-corrected chi connectivity index (χ3v) is 2.59. The number of carboxylic acids is 1. The molecule has 0 heterocycles. The molecule has 2 rings (SSSR count). The van der Waals surface area contributed by atoms with Crippen molar-refractivity contribution in [1.29, 1.82) is 0 Å². The van der Waals surface area contributed by atoms with Crippen LogP contribution in [0.5, 0.6) is 11.5 Å².